The summed E-state index contributed by atoms with van der Waals surface area (Å²) in [6, 6.07) is 20.9. The number of hydrogen-bond acceptors (Lipinski definition) is 1. The highest BCUT2D eigenvalue weighted by molar-refractivity contribution is 6.30. The molecule has 2 aliphatic rings. The van der Waals surface area contributed by atoms with E-state index < -0.39 is 0 Å². The highest BCUT2D eigenvalue weighted by Gasteiger charge is 2.44. The van der Waals surface area contributed by atoms with Crippen LogP contribution in [0.1, 0.15) is 42.9 Å². The van der Waals surface area contributed by atoms with Crippen molar-refractivity contribution in [2.45, 2.75) is 31.7 Å². The van der Waals surface area contributed by atoms with Gasteiger partial charge in [0.1, 0.15) is 0 Å². The van der Waals surface area contributed by atoms with Crippen LogP contribution < -0.4 is 4.90 Å². The van der Waals surface area contributed by atoms with Crippen LogP contribution in [0.3, 0.4) is 0 Å². The van der Waals surface area contributed by atoms with Crippen molar-refractivity contribution in [3.05, 3.63) is 89.0 Å². The molecule has 1 heterocycles. The largest absolute Gasteiger partial charge is 0.304 e. The maximum absolute atomic E-state index is 13.2. The Morgan fingerprint density at radius 1 is 1.07 bits per heavy atom. The highest BCUT2D eigenvalue weighted by Crippen LogP contribution is 2.54. The van der Waals surface area contributed by atoms with Gasteiger partial charge in [-0.1, -0.05) is 73.1 Å². The monoisotopic (exact) mass is 387 g/mol. The number of carbonyl (C=O) groups excluding carboxylic acids is 1. The van der Waals surface area contributed by atoms with Crippen molar-refractivity contribution >= 4 is 34.0 Å². The normalized spacial score (nSPS) is 22.9. The van der Waals surface area contributed by atoms with Crippen LogP contribution in [0.5, 0.6) is 0 Å². The van der Waals surface area contributed by atoms with Crippen LogP contribution in [0.4, 0.5) is 5.69 Å². The molecule has 3 heteroatoms. The quantitative estimate of drug-likeness (QED) is 0.450. The Morgan fingerprint density at radius 2 is 1.89 bits per heavy atom. The summed E-state index contributed by atoms with van der Waals surface area (Å²) in [6.07, 6.45) is 6.01. The molecule has 0 N–H and O–H groups in total. The zero-order chi connectivity index (χ0) is 19.3. The number of fused-ring (bicyclic) bond motifs is 4. The van der Waals surface area contributed by atoms with Gasteiger partial charge in [-0.25, -0.2) is 0 Å². The molecule has 1 aliphatic carbocycles. The number of benzene rings is 3. The van der Waals surface area contributed by atoms with Crippen molar-refractivity contribution in [2.75, 3.05) is 4.90 Å². The van der Waals surface area contributed by atoms with Crippen LogP contribution in [0.25, 0.3) is 10.8 Å². The summed E-state index contributed by atoms with van der Waals surface area (Å²) in [7, 11) is 0. The SMILES string of the molecule is CCC(=O)N1c2ccc(Cl)cc2[C@@H]2C=CC[C@@H]2[C@@H]1c1cccc2ccccc12. The maximum atomic E-state index is 13.2. The molecular formula is C25H22ClNO. The molecule has 0 fully saturated rings. The Balaban J connectivity index is 1.78. The lowest BCUT2D eigenvalue weighted by atomic mass is 9.74. The second-order valence-corrected chi connectivity index (χ2v) is 8.12. The molecule has 28 heavy (non-hydrogen) atoms. The van der Waals surface area contributed by atoms with Gasteiger partial charge < -0.3 is 4.90 Å². The number of rotatable bonds is 2. The van der Waals surface area contributed by atoms with Gasteiger partial charge in [-0.2, -0.15) is 0 Å². The van der Waals surface area contributed by atoms with E-state index in [1.54, 1.807) is 0 Å². The lowest BCUT2D eigenvalue weighted by molar-refractivity contribution is -0.119. The van der Waals surface area contributed by atoms with Gasteiger partial charge in [0.2, 0.25) is 5.91 Å². The summed E-state index contributed by atoms with van der Waals surface area (Å²) in [4.78, 5) is 15.2. The second kappa shape index (κ2) is 6.79. The lowest BCUT2D eigenvalue weighted by Crippen LogP contribution is -2.43. The molecule has 0 saturated heterocycles. The van der Waals surface area contributed by atoms with Gasteiger partial charge >= 0.3 is 0 Å². The van der Waals surface area contributed by atoms with Gasteiger partial charge in [0.05, 0.1) is 6.04 Å². The molecule has 3 atom stereocenters. The van der Waals surface area contributed by atoms with Crippen molar-refractivity contribution in [2.24, 2.45) is 5.92 Å². The van der Waals surface area contributed by atoms with Crippen LogP contribution in [0.2, 0.25) is 5.02 Å². The molecular weight excluding hydrogens is 366 g/mol. The molecule has 0 unspecified atom stereocenters. The molecule has 3 aromatic rings. The van der Waals surface area contributed by atoms with Crippen molar-refractivity contribution in [1.29, 1.82) is 0 Å². The summed E-state index contributed by atoms with van der Waals surface area (Å²) in [5.74, 6) is 0.776. The van der Waals surface area contributed by atoms with Crippen LogP contribution in [0, 0.1) is 5.92 Å². The fourth-order valence-corrected chi connectivity index (χ4v) is 5.20. The summed E-state index contributed by atoms with van der Waals surface area (Å²) in [6.45, 7) is 1.94. The predicted molar refractivity (Wildman–Crippen MR) is 116 cm³/mol. The topological polar surface area (TPSA) is 20.3 Å². The van der Waals surface area contributed by atoms with E-state index in [1.165, 1.54) is 21.9 Å². The van der Waals surface area contributed by atoms with E-state index in [2.05, 4.69) is 54.6 Å². The third-order valence-corrected chi connectivity index (χ3v) is 6.45. The third kappa shape index (κ3) is 2.59. The number of allylic oxidation sites excluding steroid dienone is 2. The van der Waals surface area contributed by atoms with E-state index >= 15 is 0 Å². The third-order valence-electron chi connectivity index (χ3n) is 6.22. The van der Waals surface area contributed by atoms with E-state index in [0.29, 0.717) is 18.3 Å². The standard InChI is InChI=1S/C25H22ClNO/c1-2-24(28)27-23-14-13-17(26)15-22(23)19-10-6-12-21(19)25(27)20-11-5-8-16-7-3-4-9-18(16)20/h3-11,13-15,19,21,25H,2,12H2,1H3/t19-,21+,25+/m1/s1. The Bertz CT molecular complexity index is 1100. The Morgan fingerprint density at radius 3 is 2.75 bits per heavy atom. The summed E-state index contributed by atoms with van der Waals surface area (Å²) in [5.41, 5.74) is 3.41. The zero-order valence-corrected chi connectivity index (χ0v) is 16.6. The first-order chi connectivity index (χ1) is 13.7. The van der Waals surface area contributed by atoms with E-state index in [4.69, 9.17) is 11.6 Å². The van der Waals surface area contributed by atoms with E-state index in [-0.39, 0.29) is 11.9 Å². The zero-order valence-electron chi connectivity index (χ0n) is 15.8. The van der Waals surface area contributed by atoms with E-state index in [1.807, 2.05) is 30.0 Å². The first-order valence-electron chi connectivity index (χ1n) is 9.95. The van der Waals surface area contributed by atoms with Gasteiger partial charge in [-0.05, 0) is 52.4 Å². The predicted octanol–water partition coefficient (Wildman–Crippen LogP) is 6.65. The van der Waals surface area contributed by atoms with Crippen LogP contribution in [-0.2, 0) is 4.79 Å². The fourth-order valence-electron chi connectivity index (χ4n) is 5.02. The maximum Gasteiger partial charge on any atom is 0.227 e. The van der Waals surface area contributed by atoms with Crippen molar-refractivity contribution in [1.82, 2.24) is 0 Å². The lowest BCUT2D eigenvalue weighted by Gasteiger charge is -2.45. The molecule has 3 aromatic carbocycles. The first kappa shape index (κ1) is 17.5. The molecule has 1 aliphatic heterocycles. The van der Waals surface area contributed by atoms with Gasteiger partial charge in [-0.3, -0.25) is 4.79 Å². The molecule has 0 aromatic heterocycles. The minimum absolute atomic E-state index is 0.0206. The number of halogens is 1. The van der Waals surface area contributed by atoms with Gasteiger partial charge in [0.15, 0.2) is 0 Å². The van der Waals surface area contributed by atoms with E-state index in [9.17, 15) is 4.79 Å². The van der Waals surface area contributed by atoms with E-state index in [0.717, 1.165) is 17.1 Å². The summed E-state index contributed by atoms with van der Waals surface area (Å²) < 4.78 is 0. The molecule has 0 saturated carbocycles. The highest BCUT2D eigenvalue weighted by atomic mass is 35.5. The average molecular weight is 388 g/mol. The summed E-state index contributed by atoms with van der Waals surface area (Å²) >= 11 is 6.33. The smallest absolute Gasteiger partial charge is 0.227 e. The molecule has 140 valence electrons. The molecule has 5 rings (SSSR count). The van der Waals surface area contributed by atoms with Gasteiger partial charge in [-0.15, -0.1) is 0 Å². The van der Waals surface area contributed by atoms with Crippen LogP contribution in [0.15, 0.2) is 72.8 Å². The van der Waals surface area contributed by atoms with Crippen molar-refractivity contribution in [3.8, 4) is 0 Å². The second-order valence-electron chi connectivity index (χ2n) is 7.69. The molecule has 1 amide bonds. The number of carbonyl (C=O) groups is 1. The van der Waals surface area contributed by atoms with Crippen LogP contribution >= 0.6 is 11.6 Å². The Kier molecular flexibility index (Phi) is 4.25. The first-order valence-corrected chi connectivity index (χ1v) is 10.3. The molecule has 0 spiro atoms. The molecule has 2 nitrogen and oxygen atoms in total. The number of anilines is 1. The number of hydrogen-bond donors (Lipinski definition) is 0. The van der Waals surface area contributed by atoms with Gasteiger partial charge in [0.25, 0.3) is 0 Å². The number of amides is 1. The van der Waals surface area contributed by atoms with Crippen molar-refractivity contribution < 1.29 is 4.79 Å². The Hall–Kier alpha value is -2.58. The van der Waals surface area contributed by atoms with Crippen molar-refractivity contribution in [3.63, 3.8) is 0 Å². The minimum atomic E-state index is 0.0206. The Labute approximate surface area is 170 Å². The minimum Gasteiger partial charge on any atom is -0.304 e. The van der Waals surface area contributed by atoms with Gasteiger partial charge in [0, 0.05) is 23.0 Å². The summed E-state index contributed by atoms with van der Waals surface area (Å²) in [5, 5.41) is 3.17. The van der Waals surface area contributed by atoms with Crippen LogP contribution in [-0.4, -0.2) is 5.91 Å². The fraction of sp³-hybridized carbons (Fsp3) is 0.240. The average Bonchev–Trinajstić information content (AvgIpc) is 3.22. The number of nitrogens with zero attached hydrogens (tertiary/aromatic N) is 1. The molecule has 0 radical (unpaired) electrons. The molecule has 0 bridgehead atoms.